The average Bonchev–Trinajstić information content (AvgIpc) is 1.57. The van der Waals surface area contributed by atoms with Crippen LogP contribution < -0.4 is 5.73 Å². The third-order valence-corrected chi connectivity index (χ3v) is 2.93. The third kappa shape index (κ3) is 2.27. The molecule has 1 fully saturated rings. The van der Waals surface area contributed by atoms with Crippen LogP contribution in [-0.4, -0.2) is 22.3 Å². The lowest BCUT2D eigenvalue weighted by molar-refractivity contribution is 0.293. The van der Waals surface area contributed by atoms with Crippen LogP contribution >= 0.6 is 0 Å². The highest BCUT2D eigenvalue weighted by Gasteiger charge is 2.27. The lowest BCUT2D eigenvalue weighted by Gasteiger charge is -2.32. The maximum atomic E-state index is 10.9. The zero-order valence-electron chi connectivity index (χ0n) is 6.17. The maximum Gasteiger partial charge on any atom is 0.0415 e. The van der Waals surface area contributed by atoms with Crippen LogP contribution in [0.25, 0.3) is 0 Å². The molecule has 0 radical (unpaired) electrons. The smallest absolute Gasteiger partial charge is 0.0415 e. The Hall–Kier alpha value is -0.0900. The molecule has 1 unspecified atom stereocenters. The Bertz CT molecular complexity index is 204. The van der Waals surface area contributed by atoms with Crippen molar-refractivity contribution in [3.05, 3.63) is 0 Å². The molecule has 3 N–H and O–H groups in total. The first kappa shape index (κ1) is 8.01. The van der Waals surface area contributed by atoms with Crippen LogP contribution in [0.3, 0.4) is 0 Å². The van der Waals surface area contributed by atoms with Gasteiger partial charge in [-0.1, -0.05) is 0 Å². The second kappa shape index (κ2) is 2.51. The van der Waals surface area contributed by atoms with Gasteiger partial charge in [0.1, 0.15) is 0 Å². The summed E-state index contributed by atoms with van der Waals surface area (Å²) in [6, 6.07) is 0.312. The van der Waals surface area contributed by atoms with Crippen LogP contribution in [0.4, 0.5) is 0 Å². The van der Waals surface area contributed by atoms with Gasteiger partial charge in [-0.25, -0.2) is 0 Å². The molecule has 0 saturated heterocycles. The minimum Gasteiger partial charge on any atom is -0.328 e. The van der Waals surface area contributed by atoms with Crippen molar-refractivity contribution in [3.63, 3.8) is 0 Å². The molecule has 4 heteroatoms. The molecule has 0 aromatic carbocycles. The van der Waals surface area contributed by atoms with E-state index < -0.39 is 9.73 Å². The SMILES string of the molecule is CS(=N)(=O)CC1CC(N)C1. The van der Waals surface area contributed by atoms with Crippen LogP contribution in [0.1, 0.15) is 12.8 Å². The minimum absolute atomic E-state index is 0.312. The summed E-state index contributed by atoms with van der Waals surface area (Å²) in [7, 11) is -2.26. The average molecular weight is 162 g/mol. The Labute approximate surface area is 62.0 Å². The van der Waals surface area contributed by atoms with Gasteiger partial charge in [-0.3, -0.25) is 8.99 Å². The molecule has 0 heterocycles. The molecule has 60 valence electrons. The molecule has 1 aliphatic rings. The molecule has 0 aromatic rings. The predicted molar refractivity (Wildman–Crippen MR) is 42.4 cm³/mol. The van der Waals surface area contributed by atoms with Crippen LogP contribution in [0, 0.1) is 10.7 Å². The first-order chi connectivity index (χ1) is 4.47. The summed E-state index contributed by atoms with van der Waals surface area (Å²) in [6.45, 7) is 0. The van der Waals surface area contributed by atoms with Crippen molar-refractivity contribution in [1.82, 2.24) is 0 Å². The molecule has 0 aliphatic heterocycles. The van der Waals surface area contributed by atoms with E-state index in [1.165, 1.54) is 6.26 Å². The first-order valence-corrected chi connectivity index (χ1v) is 5.58. The highest BCUT2D eigenvalue weighted by Crippen LogP contribution is 2.26. The van der Waals surface area contributed by atoms with Gasteiger partial charge in [0.25, 0.3) is 0 Å². The summed E-state index contributed by atoms with van der Waals surface area (Å²) in [4.78, 5) is 0. The Morgan fingerprint density at radius 3 is 2.50 bits per heavy atom. The van der Waals surface area contributed by atoms with Crippen LogP contribution in [0.5, 0.6) is 0 Å². The van der Waals surface area contributed by atoms with Gasteiger partial charge < -0.3 is 5.73 Å². The molecule has 3 nitrogen and oxygen atoms in total. The highest BCUT2D eigenvalue weighted by molar-refractivity contribution is 7.91. The fourth-order valence-electron chi connectivity index (χ4n) is 1.37. The third-order valence-electron chi connectivity index (χ3n) is 1.83. The largest absolute Gasteiger partial charge is 0.328 e. The van der Waals surface area contributed by atoms with Gasteiger partial charge in [0, 0.05) is 27.8 Å². The Morgan fingerprint density at radius 2 is 2.20 bits per heavy atom. The predicted octanol–water partition coefficient (Wildman–Crippen LogP) is 0.400. The van der Waals surface area contributed by atoms with E-state index in [-0.39, 0.29) is 0 Å². The molecule has 0 aromatic heterocycles. The van der Waals surface area contributed by atoms with Crippen molar-refractivity contribution in [2.24, 2.45) is 11.7 Å². The molecule has 10 heavy (non-hydrogen) atoms. The Balaban J connectivity index is 2.30. The van der Waals surface area contributed by atoms with Crippen LogP contribution in [-0.2, 0) is 9.73 Å². The zero-order chi connectivity index (χ0) is 7.78. The van der Waals surface area contributed by atoms with E-state index in [0.717, 1.165) is 12.8 Å². The minimum atomic E-state index is -2.26. The van der Waals surface area contributed by atoms with E-state index in [1.807, 2.05) is 0 Å². The van der Waals surface area contributed by atoms with E-state index >= 15 is 0 Å². The highest BCUT2D eigenvalue weighted by atomic mass is 32.2. The summed E-state index contributed by atoms with van der Waals surface area (Å²) in [5.74, 6) is 1.01. The molecule has 0 bridgehead atoms. The maximum absolute atomic E-state index is 10.9. The Morgan fingerprint density at radius 1 is 1.70 bits per heavy atom. The monoisotopic (exact) mass is 162 g/mol. The van der Waals surface area contributed by atoms with Crippen molar-refractivity contribution in [2.75, 3.05) is 12.0 Å². The zero-order valence-corrected chi connectivity index (χ0v) is 6.99. The molecule has 0 spiro atoms. The summed E-state index contributed by atoms with van der Waals surface area (Å²) >= 11 is 0. The Kier molecular flexibility index (Phi) is 2.01. The standard InChI is InChI=1S/C6H14N2OS/c1-10(8,9)4-5-2-6(7)3-5/h5-6,8H,2-4,7H2,1H3. The number of nitrogens with one attached hydrogen (secondary N) is 1. The summed E-state index contributed by atoms with van der Waals surface area (Å²) in [5.41, 5.74) is 5.53. The van der Waals surface area contributed by atoms with Crippen molar-refractivity contribution in [2.45, 2.75) is 18.9 Å². The molecule has 0 amide bonds. The van der Waals surface area contributed by atoms with Gasteiger partial charge in [-0.15, -0.1) is 0 Å². The van der Waals surface area contributed by atoms with Crippen LogP contribution in [0.2, 0.25) is 0 Å². The van der Waals surface area contributed by atoms with Gasteiger partial charge in [-0.2, -0.15) is 0 Å². The van der Waals surface area contributed by atoms with E-state index in [0.29, 0.717) is 17.7 Å². The van der Waals surface area contributed by atoms with Gasteiger partial charge in [0.2, 0.25) is 0 Å². The van der Waals surface area contributed by atoms with Crippen molar-refractivity contribution in [3.8, 4) is 0 Å². The number of rotatable bonds is 2. The van der Waals surface area contributed by atoms with E-state index in [1.54, 1.807) is 0 Å². The quantitative estimate of drug-likeness (QED) is 0.617. The molecule has 1 rings (SSSR count). The van der Waals surface area contributed by atoms with Crippen molar-refractivity contribution in [1.29, 1.82) is 4.78 Å². The molecule has 1 saturated carbocycles. The second-order valence-corrected chi connectivity index (χ2v) is 5.61. The number of hydrogen-bond donors (Lipinski definition) is 2. The fraction of sp³-hybridized carbons (Fsp3) is 1.00. The van der Waals surface area contributed by atoms with Crippen molar-refractivity contribution < 1.29 is 4.21 Å². The topological polar surface area (TPSA) is 66.9 Å². The van der Waals surface area contributed by atoms with Gasteiger partial charge >= 0.3 is 0 Å². The van der Waals surface area contributed by atoms with Gasteiger partial charge in [-0.05, 0) is 18.8 Å². The van der Waals surface area contributed by atoms with Gasteiger partial charge in [0.05, 0.1) is 0 Å². The van der Waals surface area contributed by atoms with E-state index in [9.17, 15) is 4.21 Å². The van der Waals surface area contributed by atoms with E-state index in [4.69, 9.17) is 10.5 Å². The summed E-state index contributed by atoms with van der Waals surface area (Å²) < 4.78 is 18.1. The normalized spacial score (nSPS) is 38.2. The number of nitrogens with two attached hydrogens (primary N) is 1. The second-order valence-electron chi connectivity index (χ2n) is 3.27. The van der Waals surface area contributed by atoms with Crippen molar-refractivity contribution >= 4 is 9.73 Å². The summed E-state index contributed by atoms with van der Waals surface area (Å²) in [5, 5.41) is 0. The number of hydrogen-bond acceptors (Lipinski definition) is 3. The lowest BCUT2D eigenvalue weighted by Crippen LogP contribution is -2.39. The fourth-order valence-corrected chi connectivity index (χ4v) is 2.54. The lowest BCUT2D eigenvalue weighted by atomic mass is 9.82. The summed E-state index contributed by atoms with van der Waals surface area (Å²) in [6.07, 6.45) is 3.42. The van der Waals surface area contributed by atoms with Gasteiger partial charge in [0.15, 0.2) is 0 Å². The van der Waals surface area contributed by atoms with Crippen LogP contribution in [0.15, 0.2) is 0 Å². The molecular formula is C6H14N2OS. The van der Waals surface area contributed by atoms with E-state index in [2.05, 4.69) is 0 Å². The molecule has 1 aliphatic carbocycles. The molecule has 1 atom stereocenters. The first-order valence-electron chi connectivity index (χ1n) is 3.44. The molecular weight excluding hydrogens is 148 g/mol.